The Morgan fingerprint density at radius 1 is 1.07 bits per heavy atom. The minimum absolute atomic E-state index is 0.0379. The molecule has 13 heteroatoms. The van der Waals surface area contributed by atoms with Gasteiger partial charge < -0.3 is 34.2 Å². The van der Waals surface area contributed by atoms with E-state index < -0.39 is 40.5 Å². The van der Waals surface area contributed by atoms with Crippen LogP contribution in [-0.2, 0) is 30.7 Å². The lowest BCUT2D eigenvalue weighted by Gasteiger charge is -2.31. The van der Waals surface area contributed by atoms with Gasteiger partial charge in [-0.2, -0.15) is 4.31 Å². The average Bonchev–Trinajstić information content (AvgIpc) is 3.76. The van der Waals surface area contributed by atoms with E-state index in [9.17, 15) is 23.4 Å². The predicted molar refractivity (Wildman–Crippen MR) is 163 cm³/mol. The summed E-state index contributed by atoms with van der Waals surface area (Å²) in [5, 5.41) is 24.0. The molecule has 0 aliphatic carbocycles. The molecule has 244 valence electrons. The number of hydrogen-bond acceptors (Lipinski definition) is 10. The van der Waals surface area contributed by atoms with Crippen LogP contribution < -0.4 is 5.32 Å². The summed E-state index contributed by atoms with van der Waals surface area (Å²) >= 11 is 0. The van der Waals surface area contributed by atoms with Gasteiger partial charge in [-0.15, -0.1) is 0 Å². The number of hydrogen-bond donors (Lipinski definition) is 3. The van der Waals surface area contributed by atoms with Crippen LogP contribution in [0.1, 0.15) is 44.8 Å². The maximum Gasteiger partial charge on any atom is 0.407 e. The summed E-state index contributed by atoms with van der Waals surface area (Å²) < 4.78 is 51.4. The molecule has 12 nitrogen and oxygen atoms in total. The molecule has 2 aromatic carbocycles. The van der Waals surface area contributed by atoms with Gasteiger partial charge in [0.15, 0.2) is 12.1 Å². The molecule has 2 fully saturated rings. The fourth-order valence-electron chi connectivity index (χ4n) is 5.59. The zero-order valence-electron chi connectivity index (χ0n) is 25.6. The summed E-state index contributed by atoms with van der Waals surface area (Å²) in [5.74, 6) is 0.463. The van der Waals surface area contributed by atoms with Crippen LogP contribution in [0.3, 0.4) is 0 Å². The molecule has 2 aliphatic heterocycles. The third kappa shape index (κ3) is 8.10. The van der Waals surface area contributed by atoms with Crippen LogP contribution in [0, 0.1) is 11.8 Å². The second-order valence-electron chi connectivity index (χ2n) is 12.0. The SMILES string of the molecule is CC(C)CN(C[C@@H](O)[C@H](Cc1ccccc1)NC(=O)O[C@H]1CO[C@H]2OCC[C@H]21)S(=O)(=O)c1ccc(-c2cnc([C@H](C)O)o2)cc1. The van der Waals surface area contributed by atoms with Crippen molar-refractivity contribution < 1.29 is 42.1 Å². The van der Waals surface area contributed by atoms with Crippen LogP contribution in [0.4, 0.5) is 4.79 Å². The highest BCUT2D eigenvalue weighted by Gasteiger charge is 2.44. The Bertz CT molecular complexity index is 1510. The number of rotatable bonds is 13. The molecule has 0 unspecified atom stereocenters. The minimum atomic E-state index is -4.05. The fraction of sp³-hybridized carbons (Fsp3) is 0.500. The third-order valence-corrected chi connectivity index (χ3v) is 9.77. The Morgan fingerprint density at radius 3 is 2.47 bits per heavy atom. The summed E-state index contributed by atoms with van der Waals surface area (Å²) in [6, 6.07) is 14.6. The lowest BCUT2D eigenvalue weighted by atomic mass is 10.0. The highest BCUT2D eigenvalue weighted by Crippen LogP contribution is 2.33. The number of aromatic nitrogens is 1. The van der Waals surface area contributed by atoms with Gasteiger partial charge >= 0.3 is 6.09 Å². The molecule has 0 spiro atoms. The summed E-state index contributed by atoms with van der Waals surface area (Å²) in [7, 11) is -4.05. The predicted octanol–water partition coefficient (Wildman–Crippen LogP) is 3.50. The number of amides is 1. The molecule has 3 heterocycles. The van der Waals surface area contributed by atoms with Gasteiger partial charge in [-0.3, -0.25) is 0 Å². The zero-order valence-corrected chi connectivity index (χ0v) is 26.4. The van der Waals surface area contributed by atoms with Crippen LogP contribution in [0.15, 0.2) is 70.1 Å². The maximum atomic E-state index is 13.9. The van der Waals surface area contributed by atoms with Crippen LogP contribution in [0.5, 0.6) is 0 Å². The topological polar surface area (TPSA) is 161 Å². The van der Waals surface area contributed by atoms with E-state index in [0.29, 0.717) is 17.9 Å². The van der Waals surface area contributed by atoms with Gasteiger partial charge in [0.25, 0.3) is 0 Å². The average molecular weight is 644 g/mol. The van der Waals surface area contributed by atoms with Crippen molar-refractivity contribution in [3.05, 3.63) is 72.2 Å². The quantitative estimate of drug-likeness (QED) is 0.252. The van der Waals surface area contributed by atoms with E-state index in [-0.39, 0.29) is 55.0 Å². The van der Waals surface area contributed by atoms with Crippen molar-refractivity contribution in [3.63, 3.8) is 0 Å². The maximum absolute atomic E-state index is 13.9. The summed E-state index contributed by atoms with van der Waals surface area (Å²) in [4.78, 5) is 17.1. The molecule has 45 heavy (non-hydrogen) atoms. The van der Waals surface area contributed by atoms with Gasteiger partial charge in [-0.25, -0.2) is 18.2 Å². The monoisotopic (exact) mass is 643 g/mol. The molecule has 0 bridgehead atoms. The Morgan fingerprint density at radius 2 is 1.80 bits per heavy atom. The second-order valence-corrected chi connectivity index (χ2v) is 13.9. The van der Waals surface area contributed by atoms with E-state index in [1.165, 1.54) is 29.6 Å². The Balaban J connectivity index is 1.32. The summed E-state index contributed by atoms with van der Waals surface area (Å²) in [5.41, 5.74) is 1.45. The Hall–Kier alpha value is -3.33. The minimum Gasteiger partial charge on any atom is -0.443 e. The van der Waals surface area contributed by atoms with Crippen molar-refractivity contribution in [2.24, 2.45) is 11.8 Å². The molecular weight excluding hydrogens is 602 g/mol. The molecule has 3 aromatic rings. The first kappa shape index (κ1) is 33.0. The number of sulfonamides is 1. The molecule has 0 saturated carbocycles. The van der Waals surface area contributed by atoms with Gasteiger partial charge in [0.1, 0.15) is 12.2 Å². The van der Waals surface area contributed by atoms with Gasteiger partial charge in [-0.1, -0.05) is 44.2 Å². The number of nitrogens with zero attached hydrogens (tertiary/aromatic N) is 2. The van der Waals surface area contributed by atoms with E-state index in [2.05, 4.69) is 10.3 Å². The molecular formula is C32H41N3O9S. The van der Waals surface area contributed by atoms with Gasteiger partial charge in [0.05, 0.1) is 42.4 Å². The molecule has 5 rings (SSSR count). The van der Waals surface area contributed by atoms with Crippen LogP contribution in [0.25, 0.3) is 11.3 Å². The van der Waals surface area contributed by atoms with Crippen molar-refractivity contribution in [3.8, 4) is 11.3 Å². The molecule has 1 aromatic heterocycles. The molecule has 0 radical (unpaired) electrons. The Labute approximate surface area is 263 Å². The summed E-state index contributed by atoms with van der Waals surface area (Å²) in [6.45, 7) is 5.98. The normalized spacial score (nSPS) is 21.9. The number of carbonyl (C=O) groups is 1. The number of alkyl carbamates (subject to hydrolysis) is 1. The smallest absolute Gasteiger partial charge is 0.407 e. The first-order valence-electron chi connectivity index (χ1n) is 15.2. The standard InChI is InChI=1S/C32H41N3O9S/c1-20(2)17-35(45(39,40)24-11-9-23(10-12-24)28-16-33-30(43-28)21(3)36)18-27(37)26(15-22-7-5-4-6-8-22)34-32(38)44-29-19-42-31-25(29)13-14-41-31/h4-12,16,20-21,25-27,29,31,36-37H,13-15,17-19H2,1-3H3,(H,34,38)/t21-,25-,26-,27+,29-,31+/m0/s1. The van der Waals surface area contributed by atoms with E-state index in [0.717, 1.165) is 12.0 Å². The first-order valence-corrected chi connectivity index (χ1v) is 16.6. The van der Waals surface area contributed by atoms with Crippen molar-refractivity contribution in [2.45, 2.75) is 69.2 Å². The second kappa shape index (κ2) is 14.4. The van der Waals surface area contributed by atoms with Crippen molar-refractivity contribution in [2.75, 3.05) is 26.3 Å². The molecule has 3 N–H and O–H groups in total. The lowest BCUT2D eigenvalue weighted by molar-refractivity contribution is -0.0907. The van der Waals surface area contributed by atoms with Gasteiger partial charge in [0, 0.05) is 18.7 Å². The third-order valence-electron chi connectivity index (χ3n) is 7.93. The number of aliphatic hydroxyl groups is 2. The fourth-order valence-corrected chi connectivity index (χ4v) is 7.21. The lowest BCUT2D eigenvalue weighted by Crippen LogP contribution is -2.51. The summed E-state index contributed by atoms with van der Waals surface area (Å²) in [6.07, 6.45) is -1.25. The van der Waals surface area contributed by atoms with E-state index in [4.69, 9.17) is 18.6 Å². The van der Waals surface area contributed by atoms with Crippen LogP contribution in [0.2, 0.25) is 0 Å². The number of carbonyl (C=O) groups excluding carboxylic acids is 1. The number of fused-ring (bicyclic) bond motifs is 1. The van der Waals surface area contributed by atoms with Crippen molar-refractivity contribution in [1.29, 1.82) is 0 Å². The highest BCUT2D eigenvalue weighted by atomic mass is 32.2. The van der Waals surface area contributed by atoms with Crippen LogP contribution >= 0.6 is 0 Å². The molecule has 6 atom stereocenters. The highest BCUT2D eigenvalue weighted by molar-refractivity contribution is 7.89. The first-order chi connectivity index (χ1) is 21.5. The number of ether oxygens (including phenoxy) is 3. The van der Waals surface area contributed by atoms with Crippen LogP contribution in [-0.4, -0.2) is 84.9 Å². The van der Waals surface area contributed by atoms with Crippen molar-refractivity contribution in [1.82, 2.24) is 14.6 Å². The number of benzene rings is 2. The number of oxazole rings is 1. The van der Waals surface area contributed by atoms with E-state index in [1.807, 2.05) is 44.2 Å². The Kier molecular flexibility index (Phi) is 10.6. The number of aliphatic hydroxyl groups excluding tert-OH is 2. The molecule has 2 aliphatic rings. The van der Waals surface area contributed by atoms with Gasteiger partial charge in [-0.05, 0) is 55.5 Å². The van der Waals surface area contributed by atoms with E-state index in [1.54, 1.807) is 12.1 Å². The molecule has 1 amide bonds. The number of nitrogens with one attached hydrogen (secondary N) is 1. The zero-order chi connectivity index (χ0) is 32.1. The van der Waals surface area contributed by atoms with Gasteiger partial charge in [0.2, 0.25) is 15.9 Å². The largest absolute Gasteiger partial charge is 0.443 e. The van der Waals surface area contributed by atoms with E-state index >= 15 is 0 Å². The van der Waals surface area contributed by atoms with Crippen molar-refractivity contribution >= 4 is 16.1 Å². The molecule has 2 saturated heterocycles.